The van der Waals surface area contributed by atoms with Crippen LogP contribution in [0, 0.1) is 0 Å². The second kappa shape index (κ2) is 4.47. The average molecular weight is 266 g/mol. The number of rotatable bonds is 2. The number of phenolic OH excluding ortho intramolecular Hbond substituents is 1. The molecule has 1 aromatic carbocycles. The minimum atomic E-state index is -0.508. The molecule has 0 amide bonds. The largest absolute Gasteiger partial charge is 0.508 e. The van der Waals surface area contributed by atoms with Crippen molar-refractivity contribution in [2.45, 2.75) is 43.8 Å². The standard InChI is InChI=1S/C13H19BO3S/c1-12(2)13(3,4)17-14(16-12)10-7-6-9(18-5)8-11(10)15/h6-8,15H,1-5H3. The summed E-state index contributed by atoms with van der Waals surface area (Å²) >= 11 is 1.59. The Morgan fingerprint density at radius 2 is 1.67 bits per heavy atom. The van der Waals surface area contributed by atoms with Crippen LogP contribution in [0.1, 0.15) is 27.7 Å². The molecule has 0 aromatic heterocycles. The maximum absolute atomic E-state index is 10.0. The number of benzene rings is 1. The van der Waals surface area contributed by atoms with E-state index in [9.17, 15) is 5.11 Å². The van der Waals surface area contributed by atoms with Crippen LogP contribution in [0.15, 0.2) is 23.1 Å². The van der Waals surface area contributed by atoms with Gasteiger partial charge in [0.2, 0.25) is 0 Å². The number of aromatic hydroxyl groups is 1. The molecule has 0 atom stereocenters. The quantitative estimate of drug-likeness (QED) is 0.659. The van der Waals surface area contributed by atoms with E-state index < -0.39 is 7.12 Å². The first-order valence-corrected chi connectivity index (χ1v) is 7.22. The van der Waals surface area contributed by atoms with Crippen LogP contribution in [0.25, 0.3) is 0 Å². The van der Waals surface area contributed by atoms with Gasteiger partial charge in [0, 0.05) is 10.4 Å². The third-order valence-electron chi connectivity index (χ3n) is 3.74. The summed E-state index contributed by atoms with van der Waals surface area (Å²) in [7, 11) is -0.508. The van der Waals surface area contributed by atoms with E-state index in [-0.39, 0.29) is 17.0 Å². The van der Waals surface area contributed by atoms with Gasteiger partial charge < -0.3 is 14.4 Å². The van der Waals surface area contributed by atoms with Crippen molar-refractivity contribution in [2.24, 2.45) is 0 Å². The van der Waals surface area contributed by atoms with Crippen molar-refractivity contribution in [3.63, 3.8) is 0 Å². The first-order valence-electron chi connectivity index (χ1n) is 5.99. The van der Waals surface area contributed by atoms with Gasteiger partial charge in [-0.05, 0) is 46.1 Å². The van der Waals surface area contributed by atoms with E-state index in [4.69, 9.17) is 9.31 Å². The van der Waals surface area contributed by atoms with Gasteiger partial charge in [0.25, 0.3) is 0 Å². The average Bonchev–Trinajstić information content (AvgIpc) is 2.47. The minimum absolute atomic E-state index is 0.223. The van der Waals surface area contributed by atoms with Gasteiger partial charge in [0.15, 0.2) is 0 Å². The highest BCUT2D eigenvalue weighted by Crippen LogP contribution is 2.37. The van der Waals surface area contributed by atoms with Crippen molar-refractivity contribution in [1.82, 2.24) is 0 Å². The molecule has 3 nitrogen and oxygen atoms in total. The molecule has 1 saturated heterocycles. The topological polar surface area (TPSA) is 38.7 Å². The lowest BCUT2D eigenvalue weighted by molar-refractivity contribution is 0.00578. The maximum Gasteiger partial charge on any atom is 0.498 e. The van der Waals surface area contributed by atoms with E-state index in [0.29, 0.717) is 5.46 Å². The zero-order valence-corrected chi connectivity index (χ0v) is 12.3. The number of hydrogen-bond donors (Lipinski definition) is 1. The third kappa shape index (κ3) is 2.27. The van der Waals surface area contributed by atoms with E-state index in [1.54, 1.807) is 17.8 Å². The van der Waals surface area contributed by atoms with Crippen LogP contribution in [0.3, 0.4) is 0 Å². The molecule has 1 N–H and O–H groups in total. The van der Waals surface area contributed by atoms with Gasteiger partial charge in [-0.15, -0.1) is 11.8 Å². The molecule has 2 rings (SSSR count). The Balaban J connectivity index is 2.30. The fraction of sp³-hybridized carbons (Fsp3) is 0.538. The lowest BCUT2D eigenvalue weighted by Crippen LogP contribution is -2.41. The number of hydrogen-bond acceptors (Lipinski definition) is 4. The molecule has 1 heterocycles. The molecule has 1 aliphatic rings. The summed E-state index contributed by atoms with van der Waals surface area (Å²) in [4.78, 5) is 1.02. The van der Waals surface area contributed by atoms with Crippen molar-refractivity contribution >= 4 is 24.3 Å². The normalized spacial score (nSPS) is 21.3. The van der Waals surface area contributed by atoms with Gasteiger partial charge in [-0.2, -0.15) is 0 Å². The Hall–Kier alpha value is -0.645. The SMILES string of the molecule is CSc1ccc(B2OC(C)(C)C(C)(C)O2)c(O)c1. The fourth-order valence-electron chi connectivity index (χ4n) is 1.82. The van der Waals surface area contributed by atoms with Gasteiger partial charge in [0.1, 0.15) is 5.75 Å². The zero-order chi connectivity index (χ0) is 13.6. The van der Waals surface area contributed by atoms with Gasteiger partial charge in [0.05, 0.1) is 11.2 Å². The summed E-state index contributed by atoms with van der Waals surface area (Å²) in [5, 5.41) is 10.0. The van der Waals surface area contributed by atoms with Gasteiger partial charge in [-0.25, -0.2) is 0 Å². The Kier molecular flexibility index (Phi) is 3.43. The van der Waals surface area contributed by atoms with Crippen molar-refractivity contribution in [2.75, 3.05) is 6.26 Å². The molecule has 18 heavy (non-hydrogen) atoms. The third-order valence-corrected chi connectivity index (χ3v) is 4.47. The van der Waals surface area contributed by atoms with Crippen LogP contribution in [-0.4, -0.2) is 29.7 Å². The predicted molar refractivity (Wildman–Crippen MR) is 75.6 cm³/mol. The van der Waals surface area contributed by atoms with Crippen LogP contribution in [0.2, 0.25) is 0 Å². The summed E-state index contributed by atoms with van der Waals surface area (Å²) in [5.41, 5.74) is -0.0867. The van der Waals surface area contributed by atoms with E-state index in [2.05, 4.69) is 0 Å². The molecular formula is C13H19BO3S. The smallest absolute Gasteiger partial charge is 0.498 e. The molecule has 1 aromatic rings. The molecule has 1 aliphatic heterocycles. The Morgan fingerprint density at radius 1 is 1.11 bits per heavy atom. The van der Waals surface area contributed by atoms with Crippen LogP contribution in [-0.2, 0) is 9.31 Å². The summed E-state index contributed by atoms with van der Waals surface area (Å²) in [5.74, 6) is 0.223. The van der Waals surface area contributed by atoms with Crippen LogP contribution < -0.4 is 5.46 Å². The highest BCUT2D eigenvalue weighted by molar-refractivity contribution is 7.98. The molecular weight excluding hydrogens is 247 g/mol. The van der Waals surface area contributed by atoms with E-state index >= 15 is 0 Å². The van der Waals surface area contributed by atoms with Gasteiger partial charge >= 0.3 is 7.12 Å². The zero-order valence-electron chi connectivity index (χ0n) is 11.5. The maximum atomic E-state index is 10.0. The Labute approximate surface area is 113 Å². The van der Waals surface area contributed by atoms with E-state index in [1.165, 1.54) is 0 Å². The molecule has 98 valence electrons. The first kappa shape index (κ1) is 13.8. The number of phenols is 1. The highest BCUT2D eigenvalue weighted by Gasteiger charge is 2.52. The van der Waals surface area contributed by atoms with Crippen LogP contribution in [0.5, 0.6) is 5.75 Å². The summed E-state index contributed by atoms with van der Waals surface area (Å²) in [6.45, 7) is 8.00. The van der Waals surface area contributed by atoms with Crippen molar-refractivity contribution in [3.05, 3.63) is 18.2 Å². The van der Waals surface area contributed by atoms with Crippen molar-refractivity contribution in [3.8, 4) is 5.75 Å². The molecule has 0 bridgehead atoms. The Morgan fingerprint density at radius 3 is 2.11 bits per heavy atom. The molecule has 0 unspecified atom stereocenters. The van der Waals surface area contributed by atoms with Crippen LogP contribution >= 0.6 is 11.8 Å². The molecule has 0 spiro atoms. The minimum Gasteiger partial charge on any atom is -0.508 e. The van der Waals surface area contributed by atoms with Gasteiger partial charge in [-0.3, -0.25) is 0 Å². The Bertz CT molecular complexity index is 444. The molecule has 0 saturated carbocycles. The first-order chi connectivity index (χ1) is 8.27. The van der Waals surface area contributed by atoms with Crippen molar-refractivity contribution in [1.29, 1.82) is 0 Å². The lowest BCUT2D eigenvalue weighted by Gasteiger charge is -2.32. The van der Waals surface area contributed by atoms with E-state index in [1.807, 2.05) is 46.1 Å². The second-order valence-corrected chi connectivity index (χ2v) is 6.39. The molecule has 0 radical (unpaired) electrons. The van der Waals surface area contributed by atoms with Crippen LogP contribution in [0.4, 0.5) is 0 Å². The summed E-state index contributed by atoms with van der Waals surface area (Å²) < 4.78 is 11.8. The molecule has 5 heteroatoms. The summed E-state index contributed by atoms with van der Waals surface area (Å²) in [6.07, 6.45) is 1.98. The van der Waals surface area contributed by atoms with Gasteiger partial charge in [-0.1, -0.05) is 6.07 Å². The fourth-order valence-corrected chi connectivity index (χ4v) is 2.25. The second-order valence-electron chi connectivity index (χ2n) is 5.51. The molecule has 0 aliphatic carbocycles. The predicted octanol–water partition coefficient (Wildman–Crippen LogP) is 2.41. The highest BCUT2D eigenvalue weighted by atomic mass is 32.2. The monoisotopic (exact) mass is 266 g/mol. The summed E-state index contributed by atoms with van der Waals surface area (Å²) in [6, 6.07) is 5.57. The van der Waals surface area contributed by atoms with Crippen molar-refractivity contribution < 1.29 is 14.4 Å². The molecule has 1 fully saturated rings. The van der Waals surface area contributed by atoms with E-state index in [0.717, 1.165) is 4.90 Å². The lowest BCUT2D eigenvalue weighted by atomic mass is 9.78. The number of thioether (sulfide) groups is 1.